The fraction of sp³-hybridized carbons (Fsp3) is 0.0385. The zero-order chi connectivity index (χ0) is 22.3. The second-order valence-electron chi connectivity index (χ2n) is 7.10. The van der Waals surface area contributed by atoms with E-state index in [0.717, 1.165) is 5.56 Å². The van der Waals surface area contributed by atoms with Gasteiger partial charge in [-0.1, -0.05) is 42.5 Å². The van der Waals surface area contributed by atoms with Crippen molar-refractivity contribution in [1.29, 1.82) is 0 Å². The monoisotopic (exact) mass is 424 g/mol. The third-order valence-corrected chi connectivity index (χ3v) is 4.89. The molecule has 0 aliphatic heterocycles. The van der Waals surface area contributed by atoms with Crippen LogP contribution in [0.15, 0.2) is 103 Å². The Morgan fingerprint density at radius 3 is 2.03 bits per heavy atom. The van der Waals surface area contributed by atoms with Gasteiger partial charge in [0.1, 0.15) is 18.0 Å². The Kier molecular flexibility index (Phi) is 6.22. The summed E-state index contributed by atoms with van der Waals surface area (Å²) >= 11 is 0. The second kappa shape index (κ2) is 9.57. The molecule has 0 aromatic heterocycles. The molecule has 158 valence electrons. The van der Waals surface area contributed by atoms with Crippen LogP contribution >= 0.6 is 0 Å². The number of para-hydroxylation sites is 2. The summed E-state index contributed by atoms with van der Waals surface area (Å²) < 4.78 is 5.76. The minimum atomic E-state index is -0.437. The van der Waals surface area contributed by atoms with Crippen LogP contribution in [0.4, 0.5) is 17.1 Å². The Hall–Kier alpha value is -4.45. The standard InChI is InChI=1S/C26H20N2O4/c29-26(21-12-16-23(17-13-21)32-18-19-6-2-1-3-7-19)20-10-14-22(15-11-20)27-24-8-4-5-9-25(24)28(30)31/h1-17,27H,18H2. The Morgan fingerprint density at radius 1 is 0.781 bits per heavy atom. The number of anilines is 2. The smallest absolute Gasteiger partial charge is 0.292 e. The molecule has 0 bridgehead atoms. The first-order valence-corrected chi connectivity index (χ1v) is 10.0. The predicted molar refractivity (Wildman–Crippen MR) is 123 cm³/mol. The van der Waals surface area contributed by atoms with E-state index in [-0.39, 0.29) is 11.5 Å². The highest BCUT2D eigenvalue weighted by Crippen LogP contribution is 2.27. The van der Waals surface area contributed by atoms with Gasteiger partial charge in [-0.25, -0.2) is 0 Å². The maximum Gasteiger partial charge on any atom is 0.292 e. The van der Waals surface area contributed by atoms with Crippen molar-refractivity contribution in [1.82, 2.24) is 0 Å². The molecule has 0 amide bonds. The van der Waals surface area contributed by atoms with E-state index in [1.165, 1.54) is 6.07 Å². The third-order valence-electron chi connectivity index (χ3n) is 4.89. The highest BCUT2D eigenvalue weighted by atomic mass is 16.6. The number of rotatable bonds is 8. The minimum absolute atomic E-state index is 0.0118. The summed E-state index contributed by atoms with van der Waals surface area (Å²) in [5.41, 5.74) is 3.18. The quantitative estimate of drug-likeness (QED) is 0.208. The molecular weight excluding hydrogens is 404 g/mol. The predicted octanol–water partition coefficient (Wildman–Crippen LogP) is 6.15. The summed E-state index contributed by atoms with van der Waals surface area (Å²) in [6.45, 7) is 0.460. The number of carbonyl (C=O) groups is 1. The number of carbonyl (C=O) groups excluding carboxylic acids is 1. The van der Waals surface area contributed by atoms with E-state index < -0.39 is 4.92 Å². The first kappa shape index (κ1) is 20.8. The summed E-state index contributed by atoms with van der Waals surface area (Å²) in [5.74, 6) is 0.575. The molecule has 4 rings (SSSR count). The minimum Gasteiger partial charge on any atom is -0.489 e. The molecule has 0 aliphatic carbocycles. The lowest BCUT2D eigenvalue weighted by Gasteiger charge is -2.09. The molecule has 0 saturated carbocycles. The molecule has 4 aromatic rings. The van der Waals surface area contributed by atoms with Crippen molar-refractivity contribution >= 4 is 22.8 Å². The van der Waals surface area contributed by atoms with E-state index in [1.54, 1.807) is 66.7 Å². The van der Waals surface area contributed by atoms with Gasteiger partial charge in [0.2, 0.25) is 0 Å². The first-order valence-electron chi connectivity index (χ1n) is 10.0. The second-order valence-corrected chi connectivity index (χ2v) is 7.10. The number of hydrogen-bond donors (Lipinski definition) is 1. The van der Waals surface area contributed by atoms with Gasteiger partial charge in [-0.2, -0.15) is 0 Å². The molecule has 0 saturated heterocycles. The van der Waals surface area contributed by atoms with Crippen LogP contribution < -0.4 is 10.1 Å². The van der Waals surface area contributed by atoms with Crippen LogP contribution in [0.5, 0.6) is 5.75 Å². The highest BCUT2D eigenvalue weighted by molar-refractivity contribution is 6.09. The number of hydrogen-bond acceptors (Lipinski definition) is 5. The number of nitro benzene ring substituents is 1. The molecule has 0 atom stereocenters. The van der Waals surface area contributed by atoms with Crippen LogP contribution in [0.25, 0.3) is 0 Å². The van der Waals surface area contributed by atoms with E-state index in [0.29, 0.717) is 34.9 Å². The lowest BCUT2D eigenvalue weighted by atomic mass is 10.0. The van der Waals surface area contributed by atoms with E-state index in [1.807, 2.05) is 30.3 Å². The van der Waals surface area contributed by atoms with E-state index in [2.05, 4.69) is 5.32 Å². The fourth-order valence-electron chi connectivity index (χ4n) is 3.21. The maximum absolute atomic E-state index is 12.8. The molecule has 4 aromatic carbocycles. The number of nitro groups is 1. The lowest BCUT2D eigenvalue weighted by Crippen LogP contribution is -2.02. The highest BCUT2D eigenvalue weighted by Gasteiger charge is 2.13. The number of benzene rings is 4. The zero-order valence-corrected chi connectivity index (χ0v) is 17.1. The van der Waals surface area contributed by atoms with Crippen LogP contribution in [-0.2, 0) is 6.61 Å². The molecule has 0 radical (unpaired) electrons. The fourth-order valence-corrected chi connectivity index (χ4v) is 3.21. The molecule has 6 heteroatoms. The lowest BCUT2D eigenvalue weighted by molar-refractivity contribution is -0.383. The van der Waals surface area contributed by atoms with Gasteiger partial charge in [0.25, 0.3) is 5.69 Å². The number of nitrogens with one attached hydrogen (secondary N) is 1. The van der Waals surface area contributed by atoms with Crippen molar-refractivity contribution in [3.8, 4) is 5.75 Å². The molecular formula is C26H20N2O4. The molecule has 0 unspecified atom stereocenters. The molecule has 1 N–H and O–H groups in total. The Balaban J connectivity index is 1.41. The van der Waals surface area contributed by atoms with Crippen molar-refractivity contribution in [3.63, 3.8) is 0 Å². The molecule has 6 nitrogen and oxygen atoms in total. The topological polar surface area (TPSA) is 81.5 Å². The molecule has 0 aliphatic rings. The van der Waals surface area contributed by atoms with E-state index in [9.17, 15) is 14.9 Å². The van der Waals surface area contributed by atoms with Crippen LogP contribution in [-0.4, -0.2) is 10.7 Å². The molecule has 32 heavy (non-hydrogen) atoms. The SMILES string of the molecule is O=C(c1ccc(Nc2ccccc2[N+](=O)[O-])cc1)c1ccc(OCc2ccccc2)cc1. The van der Waals surface area contributed by atoms with Gasteiger partial charge >= 0.3 is 0 Å². The summed E-state index contributed by atoms with van der Waals surface area (Å²) in [4.78, 5) is 23.5. The van der Waals surface area contributed by atoms with Crippen LogP contribution in [0.1, 0.15) is 21.5 Å². The van der Waals surface area contributed by atoms with Crippen molar-refractivity contribution in [2.45, 2.75) is 6.61 Å². The van der Waals surface area contributed by atoms with Gasteiger partial charge in [-0.3, -0.25) is 14.9 Å². The van der Waals surface area contributed by atoms with Gasteiger partial charge in [0.05, 0.1) is 4.92 Å². The summed E-state index contributed by atoms with van der Waals surface area (Å²) in [6.07, 6.45) is 0. The largest absolute Gasteiger partial charge is 0.489 e. The Morgan fingerprint density at radius 2 is 1.38 bits per heavy atom. The number of ketones is 1. The maximum atomic E-state index is 12.8. The summed E-state index contributed by atoms with van der Waals surface area (Å²) in [6, 6.07) is 30.1. The first-order chi connectivity index (χ1) is 15.6. The van der Waals surface area contributed by atoms with Gasteiger partial charge in [0, 0.05) is 22.9 Å². The van der Waals surface area contributed by atoms with Gasteiger partial charge in [-0.05, 0) is 60.2 Å². The Labute approximate surface area is 185 Å². The van der Waals surface area contributed by atoms with Crippen LogP contribution in [0.3, 0.4) is 0 Å². The third kappa shape index (κ3) is 4.99. The molecule has 0 fully saturated rings. The van der Waals surface area contributed by atoms with Gasteiger partial charge in [-0.15, -0.1) is 0 Å². The van der Waals surface area contributed by atoms with Crippen molar-refractivity contribution in [2.24, 2.45) is 0 Å². The average Bonchev–Trinajstić information content (AvgIpc) is 2.84. The van der Waals surface area contributed by atoms with Crippen LogP contribution in [0, 0.1) is 10.1 Å². The van der Waals surface area contributed by atoms with Crippen LogP contribution in [0.2, 0.25) is 0 Å². The van der Waals surface area contributed by atoms with Crippen molar-refractivity contribution < 1.29 is 14.5 Å². The molecule has 0 heterocycles. The zero-order valence-electron chi connectivity index (χ0n) is 17.1. The van der Waals surface area contributed by atoms with Crippen molar-refractivity contribution in [2.75, 3.05) is 5.32 Å². The summed E-state index contributed by atoms with van der Waals surface area (Å²) in [5, 5.41) is 14.2. The van der Waals surface area contributed by atoms with Gasteiger partial charge < -0.3 is 10.1 Å². The number of ether oxygens (including phenoxy) is 1. The van der Waals surface area contributed by atoms with Crippen molar-refractivity contribution in [3.05, 3.63) is 130 Å². The van der Waals surface area contributed by atoms with E-state index in [4.69, 9.17) is 4.74 Å². The normalized spacial score (nSPS) is 10.4. The number of nitrogens with zero attached hydrogens (tertiary/aromatic N) is 1. The Bertz CT molecular complexity index is 1220. The van der Waals surface area contributed by atoms with E-state index >= 15 is 0 Å². The summed E-state index contributed by atoms with van der Waals surface area (Å²) in [7, 11) is 0. The molecule has 0 spiro atoms. The van der Waals surface area contributed by atoms with Gasteiger partial charge in [0.15, 0.2) is 5.78 Å². The average molecular weight is 424 g/mol.